The Morgan fingerprint density at radius 2 is 2.31 bits per heavy atom. The molecule has 0 rings (SSSR count). The second-order valence-electron chi connectivity index (χ2n) is 3.56. The minimum atomic E-state index is -0.0746. The van der Waals surface area contributed by atoms with Gasteiger partial charge in [-0.3, -0.25) is 9.63 Å². The van der Waals surface area contributed by atoms with E-state index >= 15 is 0 Å². The first-order valence-electron chi connectivity index (χ1n) is 5.48. The van der Waals surface area contributed by atoms with Crippen molar-refractivity contribution in [3.63, 3.8) is 0 Å². The van der Waals surface area contributed by atoms with E-state index in [2.05, 4.69) is 54.6 Å². The lowest BCUT2D eigenvalue weighted by atomic mass is 10.0. The SMILES string of the molecule is C=CCONC(=O)CC[C@H](C)/C(I)=C\CC. The maximum atomic E-state index is 11.3. The van der Waals surface area contributed by atoms with Gasteiger partial charge in [0.25, 0.3) is 0 Å². The fourth-order valence-corrected chi connectivity index (χ4v) is 1.87. The lowest BCUT2D eigenvalue weighted by molar-refractivity contribution is -0.132. The van der Waals surface area contributed by atoms with Crippen LogP contribution in [-0.2, 0) is 9.63 Å². The Labute approximate surface area is 111 Å². The molecule has 0 unspecified atom stereocenters. The highest BCUT2D eigenvalue weighted by Gasteiger charge is 2.08. The van der Waals surface area contributed by atoms with Crippen LogP contribution in [0.25, 0.3) is 0 Å². The van der Waals surface area contributed by atoms with Crippen LogP contribution in [0.4, 0.5) is 0 Å². The van der Waals surface area contributed by atoms with Crippen molar-refractivity contribution in [1.29, 1.82) is 0 Å². The van der Waals surface area contributed by atoms with Crippen molar-refractivity contribution in [2.45, 2.75) is 33.1 Å². The maximum absolute atomic E-state index is 11.3. The van der Waals surface area contributed by atoms with E-state index < -0.39 is 0 Å². The van der Waals surface area contributed by atoms with Gasteiger partial charge in [0.2, 0.25) is 5.91 Å². The van der Waals surface area contributed by atoms with Crippen LogP contribution in [0.1, 0.15) is 33.1 Å². The number of nitrogens with one attached hydrogen (secondary N) is 1. The number of halogens is 1. The summed E-state index contributed by atoms with van der Waals surface area (Å²) < 4.78 is 1.32. The number of allylic oxidation sites excluding steroid dienone is 2. The standard InChI is InChI=1S/C12H20INO2/c1-4-6-11(13)10(3)7-8-12(15)14-16-9-5-2/h5-6,10H,2,4,7-9H2,1,3H3,(H,14,15)/b11-6+/t10-/m0/s1. The quantitative estimate of drug-likeness (QED) is 0.319. The van der Waals surface area contributed by atoms with Crippen molar-refractivity contribution >= 4 is 28.5 Å². The van der Waals surface area contributed by atoms with Gasteiger partial charge < -0.3 is 0 Å². The van der Waals surface area contributed by atoms with Crippen LogP contribution >= 0.6 is 22.6 Å². The number of rotatable bonds is 8. The van der Waals surface area contributed by atoms with Crippen LogP contribution in [-0.4, -0.2) is 12.5 Å². The molecule has 1 N–H and O–H groups in total. The lowest BCUT2D eigenvalue weighted by Crippen LogP contribution is -2.23. The molecule has 0 heterocycles. The second-order valence-corrected chi connectivity index (χ2v) is 4.81. The second kappa shape index (κ2) is 9.84. The normalized spacial score (nSPS) is 13.3. The third-order valence-electron chi connectivity index (χ3n) is 2.06. The van der Waals surface area contributed by atoms with Crippen molar-refractivity contribution in [2.75, 3.05) is 6.61 Å². The Hall–Kier alpha value is -0.360. The number of hydroxylamine groups is 1. The molecule has 92 valence electrons. The molecule has 0 aliphatic carbocycles. The van der Waals surface area contributed by atoms with E-state index in [1.807, 2.05) is 0 Å². The smallest absolute Gasteiger partial charge is 0.243 e. The Morgan fingerprint density at radius 3 is 2.88 bits per heavy atom. The van der Waals surface area contributed by atoms with E-state index in [0.29, 0.717) is 18.9 Å². The summed E-state index contributed by atoms with van der Waals surface area (Å²) >= 11 is 2.33. The maximum Gasteiger partial charge on any atom is 0.243 e. The molecule has 0 aliphatic rings. The van der Waals surface area contributed by atoms with E-state index in [1.54, 1.807) is 6.08 Å². The molecular weight excluding hydrogens is 317 g/mol. The molecule has 0 aromatic carbocycles. The first kappa shape index (κ1) is 15.6. The summed E-state index contributed by atoms with van der Waals surface area (Å²) in [6, 6.07) is 0. The Balaban J connectivity index is 3.74. The predicted octanol–water partition coefficient (Wildman–Crippen LogP) is 3.37. The molecule has 16 heavy (non-hydrogen) atoms. The molecule has 0 spiro atoms. The molecule has 0 fully saturated rings. The number of carbonyl (C=O) groups excluding carboxylic acids is 1. The van der Waals surface area contributed by atoms with Gasteiger partial charge in [-0.05, 0) is 44.9 Å². The summed E-state index contributed by atoms with van der Waals surface area (Å²) in [5.74, 6) is 0.361. The van der Waals surface area contributed by atoms with E-state index in [4.69, 9.17) is 4.84 Å². The van der Waals surface area contributed by atoms with E-state index in [9.17, 15) is 4.79 Å². The average molecular weight is 337 g/mol. The molecule has 0 saturated heterocycles. The zero-order chi connectivity index (χ0) is 12.4. The Kier molecular flexibility index (Phi) is 9.62. The summed E-state index contributed by atoms with van der Waals surface area (Å²) in [5, 5.41) is 0. The number of carbonyl (C=O) groups is 1. The van der Waals surface area contributed by atoms with Crippen molar-refractivity contribution in [2.24, 2.45) is 5.92 Å². The van der Waals surface area contributed by atoms with Gasteiger partial charge in [0.05, 0.1) is 6.61 Å². The zero-order valence-electron chi connectivity index (χ0n) is 9.96. The molecule has 4 heteroatoms. The molecule has 0 aliphatic heterocycles. The average Bonchev–Trinajstić information content (AvgIpc) is 2.26. The van der Waals surface area contributed by atoms with E-state index in [1.165, 1.54) is 3.58 Å². The van der Waals surface area contributed by atoms with E-state index in [-0.39, 0.29) is 5.91 Å². The molecule has 0 aromatic heterocycles. The van der Waals surface area contributed by atoms with E-state index in [0.717, 1.165) is 12.8 Å². The predicted molar refractivity (Wildman–Crippen MR) is 75.1 cm³/mol. The number of amides is 1. The fourth-order valence-electron chi connectivity index (χ4n) is 1.11. The third kappa shape index (κ3) is 7.87. The van der Waals surface area contributed by atoms with Crippen LogP contribution in [0, 0.1) is 5.92 Å². The highest BCUT2D eigenvalue weighted by molar-refractivity contribution is 14.1. The summed E-state index contributed by atoms with van der Waals surface area (Å²) in [6.07, 6.45) is 6.16. The van der Waals surface area contributed by atoms with Gasteiger partial charge in [-0.25, -0.2) is 5.48 Å². The molecular formula is C12H20INO2. The summed E-state index contributed by atoms with van der Waals surface area (Å²) in [7, 11) is 0. The molecule has 0 aromatic rings. The summed E-state index contributed by atoms with van der Waals surface area (Å²) in [5.41, 5.74) is 2.38. The highest BCUT2D eigenvalue weighted by Crippen LogP contribution is 2.22. The van der Waals surface area contributed by atoms with Crippen molar-refractivity contribution in [1.82, 2.24) is 5.48 Å². The summed E-state index contributed by atoms with van der Waals surface area (Å²) in [6.45, 7) is 8.08. The monoisotopic (exact) mass is 337 g/mol. The molecule has 0 saturated carbocycles. The van der Waals surface area contributed by atoms with Gasteiger partial charge in [0.1, 0.15) is 0 Å². The van der Waals surface area contributed by atoms with Crippen LogP contribution in [0.15, 0.2) is 22.3 Å². The van der Waals surface area contributed by atoms with Gasteiger partial charge >= 0.3 is 0 Å². The Bertz CT molecular complexity index is 251. The third-order valence-corrected chi connectivity index (χ3v) is 3.57. The molecule has 1 amide bonds. The zero-order valence-corrected chi connectivity index (χ0v) is 12.1. The van der Waals surface area contributed by atoms with Gasteiger partial charge in [-0.15, -0.1) is 6.58 Å². The Morgan fingerprint density at radius 1 is 1.62 bits per heavy atom. The lowest BCUT2D eigenvalue weighted by Gasteiger charge is -2.10. The van der Waals surface area contributed by atoms with Crippen molar-refractivity contribution < 1.29 is 9.63 Å². The largest absolute Gasteiger partial charge is 0.273 e. The highest BCUT2D eigenvalue weighted by atomic mass is 127. The van der Waals surface area contributed by atoms with Crippen LogP contribution in [0.5, 0.6) is 0 Å². The molecule has 1 atom stereocenters. The molecule has 0 radical (unpaired) electrons. The van der Waals surface area contributed by atoms with Crippen molar-refractivity contribution in [3.05, 3.63) is 22.3 Å². The van der Waals surface area contributed by atoms with Crippen molar-refractivity contribution in [3.8, 4) is 0 Å². The van der Waals surface area contributed by atoms with Gasteiger partial charge in [-0.1, -0.05) is 26.0 Å². The van der Waals surface area contributed by atoms with Crippen LogP contribution in [0.3, 0.4) is 0 Å². The number of hydrogen-bond donors (Lipinski definition) is 1. The van der Waals surface area contributed by atoms with Gasteiger partial charge in [0, 0.05) is 6.42 Å². The first-order chi connectivity index (χ1) is 7.61. The topological polar surface area (TPSA) is 38.3 Å². The molecule has 3 nitrogen and oxygen atoms in total. The van der Waals surface area contributed by atoms with Crippen LogP contribution in [0.2, 0.25) is 0 Å². The first-order valence-corrected chi connectivity index (χ1v) is 6.56. The van der Waals surface area contributed by atoms with Gasteiger partial charge in [-0.2, -0.15) is 0 Å². The number of hydrogen-bond acceptors (Lipinski definition) is 2. The minimum absolute atomic E-state index is 0.0746. The molecule has 0 bridgehead atoms. The minimum Gasteiger partial charge on any atom is -0.273 e. The summed E-state index contributed by atoms with van der Waals surface area (Å²) in [4.78, 5) is 16.2. The van der Waals surface area contributed by atoms with Gasteiger partial charge in [0.15, 0.2) is 0 Å². The van der Waals surface area contributed by atoms with Crippen LogP contribution < -0.4 is 5.48 Å². The fraction of sp³-hybridized carbons (Fsp3) is 0.583.